The zero-order chi connectivity index (χ0) is 23.4. The summed E-state index contributed by atoms with van der Waals surface area (Å²) in [5.74, 6) is 0.289. The Morgan fingerprint density at radius 1 is 1.18 bits per heavy atom. The molecule has 3 aromatic rings. The normalized spacial score (nSPS) is 14.4. The number of carboxylic acids is 1. The minimum absolute atomic E-state index is 0.270. The van der Waals surface area contributed by atoms with Crippen molar-refractivity contribution in [3.05, 3.63) is 46.5 Å². The Hall–Kier alpha value is -2.55. The second kappa shape index (κ2) is 10.6. The number of anilines is 1. The fourth-order valence-corrected chi connectivity index (χ4v) is 5.37. The summed E-state index contributed by atoms with van der Waals surface area (Å²) in [5.41, 5.74) is 2.10. The number of ether oxygens (including phenoxy) is 2. The van der Waals surface area contributed by atoms with Gasteiger partial charge in [-0.1, -0.05) is 22.9 Å². The highest BCUT2D eigenvalue weighted by atomic mass is 35.5. The lowest BCUT2D eigenvalue weighted by Crippen LogP contribution is -2.43. The Balaban J connectivity index is 1.72. The summed E-state index contributed by atoms with van der Waals surface area (Å²) < 4.78 is 12.4. The molecule has 4 rings (SSSR count). The zero-order valence-electron chi connectivity index (χ0n) is 18.8. The van der Waals surface area contributed by atoms with Crippen LogP contribution in [0.3, 0.4) is 0 Å². The van der Waals surface area contributed by atoms with Gasteiger partial charge in [-0.3, -0.25) is 0 Å². The molecule has 0 aliphatic carbocycles. The summed E-state index contributed by atoms with van der Waals surface area (Å²) in [6.45, 7) is 7.39. The van der Waals surface area contributed by atoms with Gasteiger partial charge in [0.1, 0.15) is 16.5 Å². The number of fused-ring (bicyclic) bond motifs is 1. The quantitative estimate of drug-likeness (QED) is 0.427. The van der Waals surface area contributed by atoms with Crippen LogP contribution < -0.4 is 19.7 Å². The first kappa shape index (κ1) is 23.6. The Bertz CT molecular complexity index is 1100. The van der Waals surface area contributed by atoms with Crippen molar-refractivity contribution in [1.29, 1.82) is 0 Å². The van der Waals surface area contributed by atoms with E-state index in [9.17, 15) is 9.90 Å². The second-order valence-corrected chi connectivity index (χ2v) is 9.25. The highest BCUT2D eigenvalue weighted by Crippen LogP contribution is 2.38. The van der Waals surface area contributed by atoms with Crippen molar-refractivity contribution < 1.29 is 19.4 Å². The first-order valence-corrected chi connectivity index (χ1v) is 12.4. The van der Waals surface area contributed by atoms with Crippen molar-refractivity contribution in [2.24, 2.45) is 0 Å². The van der Waals surface area contributed by atoms with Gasteiger partial charge < -0.3 is 24.8 Å². The van der Waals surface area contributed by atoms with E-state index in [1.165, 1.54) is 11.3 Å². The van der Waals surface area contributed by atoms with Crippen LogP contribution >= 0.6 is 22.9 Å². The molecule has 1 aliphatic rings. The minimum atomic E-state index is -0.935. The van der Waals surface area contributed by atoms with Crippen LogP contribution in [-0.2, 0) is 6.54 Å². The van der Waals surface area contributed by atoms with Crippen LogP contribution in [0.25, 0.3) is 10.2 Å². The molecule has 1 aromatic heterocycles. The number of rotatable bonds is 9. The smallest absolute Gasteiger partial charge is 0.335 e. The van der Waals surface area contributed by atoms with Gasteiger partial charge >= 0.3 is 5.97 Å². The second-order valence-electron chi connectivity index (χ2n) is 7.87. The Morgan fingerprint density at radius 3 is 2.45 bits per heavy atom. The largest absolute Gasteiger partial charge is 0.492 e. The number of nitrogens with one attached hydrogen (secondary N) is 1. The van der Waals surface area contributed by atoms with Crippen molar-refractivity contribution in [3.63, 3.8) is 0 Å². The topological polar surface area (TPSA) is 83.9 Å². The average molecular weight is 490 g/mol. The molecule has 0 radical (unpaired) electrons. The molecule has 2 heterocycles. The molecule has 33 heavy (non-hydrogen) atoms. The van der Waals surface area contributed by atoms with Gasteiger partial charge in [-0.15, -0.1) is 0 Å². The van der Waals surface area contributed by atoms with Crippen LogP contribution in [0, 0.1) is 0 Å². The monoisotopic (exact) mass is 489 g/mol. The van der Waals surface area contributed by atoms with E-state index in [0.717, 1.165) is 46.8 Å². The number of aromatic nitrogens is 1. The van der Waals surface area contributed by atoms with E-state index in [1.807, 2.05) is 26.0 Å². The third-order valence-corrected chi connectivity index (χ3v) is 7.07. The van der Waals surface area contributed by atoms with Crippen LogP contribution in [0.4, 0.5) is 5.13 Å². The number of hydrogen-bond acceptors (Lipinski definition) is 7. The Kier molecular flexibility index (Phi) is 7.57. The lowest BCUT2D eigenvalue weighted by atomic mass is 10.0. The summed E-state index contributed by atoms with van der Waals surface area (Å²) in [6.07, 6.45) is 2.00. The molecule has 1 saturated heterocycles. The van der Waals surface area contributed by atoms with E-state index in [1.54, 1.807) is 18.2 Å². The maximum absolute atomic E-state index is 11.4. The Morgan fingerprint density at radius 2 is 1.85 bits per heavy atom. The first-order valence-electron chi connectivity index (χ1n) is 11.2. The predicted molar refractivity (Wildman–Crippen MR) is 132 cm³/mol. The summed E-state index contributed by atoms with van der Waals surface area (Å²) in [6, 6.07) is 9.33. The van der Waals surface area contributed by atoms with Crippen molar-refractivity contribution >= 4 is 44.3 Å². The maximum atomic E-state index is 11.4. The molecule has 2 aromatic carbocycles. The van der Waals surface area contributed by atoms with Gasteiger partial charge in [-0.25, -0.2) is 9.78 Å². The fraction of sp³-hybridized carbons (Fsp3) is 0.417. The molecule has 0 unspecified atom stereocenters. The highest BCUT2D eigenvalue weighted by molar-refractivity contribution is 7.22. The lowest BCUT2D eigenvalue weighted by molar-refractivity contribution is 0.0697. The third kappa shape index (κ3) is 5.34. The van der Waals surface area contributed by atoms with Crippen LogP contribution in [0.1, 0.15) is 42.6 Å². The number of aromatic carboxylic acids is 1. The van der Waals surface area contributed by atoms with Crippen LogP contribution in [0.2, 0.25) is 5.02 Å². The molecule has 9 heteroatoms. The van der Waals surface area contributed by atoms with E-state index in [2.05, 4.69) is 10.2 Å². The van der Waals surface area contributed by atoms with Crippen LogP contribution in [-0.4, -0.2) is 48.4 Å². The number of benzene rings is 2. The number of nitrogens with zero attached hydrogens (tertiary/aromatic N) is 2. The molecular formula is C24H28ClN3O4S. The number of carbonyl (C=O) groups is 1. The van der Waals surface area contributed by atoms with Crippen LogP contribution in [0.15, 0.2) is 30.3 Å². The molecule has 176 valence electrons. The van der Waals surface area contributed by atoms with Crippen molar-refractivity contribution in [2.75, 3.05) is 31.2 Å². The number of thiazole rings is 1. The highest BCUT2D eigenvalue weighted by Gasteiger charge is 2.25. The molecule has 0 spiro atoms. The first-order chi connectivity index (χ1) is 16.0. The van der Waals surface area contributed by atoms with Gasteiger partial charge in [-0.2, -0.15) is 0 Å². The van der Waals surface area contributed by atoms with E-state index in [4.69, 9.17) is 26.1 Å². The lowest BCUT2D eigenvalue weighted by Gasteiger charge is -2.34. The van der Waals surface area contributed by atoms with E-state index in [-0.39, 0.29) is 5.56 Å². The molecule has 7 nitrogen and oxygen atoms in total. The van der Waals surface area contributed by atoms with Crippen molar-refractivity contribution in [3.8, 4) is 11.5 Å². The van der Waals surface area contributed by atoms with Gasteiger partial charge in [0.2, 0.25) is 0 Å². The minimum Gasteiger partial charge on any atom is -0.492 e. The van der Waals surface area contributed by atoms with Gasteiger partial charge in [0, 0.05) is 12.6 Å². The fourth-order valence-electron chi connectivity index (χ4n) is 4.08. The summed E-state index contributed by atoms with van der Waals surface area (Å²) in [4.78, 5) is 18.6. The summed E-state index contributed by atoms with van der Waals surface area (Å²) in [5, 5.41) is 14.1. The molecule has 1 aliphatic heterocycles. The standard InChI is InChI=1S/C24H28ClN3O4S/c1-3-31-19-11-15(12-20(22(19)25)32-4-2)14-28(17-7-9-26-10-8-17)24-27-18-6-5-16(23(29)30)13-21(18)33-24/h5-6,11-13,17,26H,3-4,7-10,14H2,1-2H3,(H,29,30). The Labute approximate surface area is 202 Å². The molecule has 0 bridgehead atoms. The number of carboxylic acid groups (broad SMARTS) is 1. The van der Waals surface area contributed by atoms with Crippen molar-refractivity contribution in [1.82, 2.24) is 10.3 Å². The SMILES string of the molecule is CCOc1cc(CN(c2nc3ccc(C(=O)O)cc3s2)C2CCNCC2)cc(OCC)c1Cl. The van der Waals surface area contributed by atoms with Crippen LogP contribution in [0.5, 0.6) is 11.5 Å². The number of hydrogen-bond donors (Lipinski definition) is 2. The van der Waals surface area contributed by atoms with E-state index >= 15 is 0 Å². The average Bonchev–Trinajstić information content (AvgIpc) is 3.24. The summed E-state index contributed by atoms with van der Waals surface area (Å²) in [7, 11) is 0. The third-order valence-electron chi connectivity index (χ3n) is 5.64. The van der Waals surface area contributed by atoms with Gasteiger partial charge in [-0.05, 0) is 75.7 Å². The van der Waals surface area contributed by atoms with E-state index < -0.39 is 5.97 Å². The summed E-state index contributed by atoms with van der Waals surface area (Å²) >= 11 is 8.03. The number of halogens is 1. The molecule has 0 amide bonds. The molecular weight excluding hydrogens is 462 g/mol. The van der Waals surface area contributed by atoms with Crippen molar-refractivity contribution in [2.45, 2.75) is 39.3 Å². The van der Waals surface area contributed by atoms with E-state index in [0.29, 0.717) is 42.3 Å². The van der Waals surface area contributed by atoms with Gasteiger partial charge in [0.25, 0.3) is 0 Å². The predicted octanol–water partition coefficient (Wildman–Crippen LogP) is 5.20. The molecule has 0 atom stereocenters. The molecule has 2 N–H and O–H groups in total. The molecule has 0 saturated carbocycles. The zero-order valence-corrected chi connectivity index (χ0v) is 20.3. The van der Waals surface area contributed by atoms with Gasteiger partial charge in [0.05, 0.1) is 29.0 Å². The molecule has 1 fully saturated rings. The maximum Gasteiger partial charge on any atom is 0.335 e. The van der Waals surface area contributed by atoms with Gasteiger partial charge in [0.15, 0.2) is 5.13 Å². The number of piperidine rings is 1.